The van der Waals surface area contributed by atoms with Gasteiger partial charge in [0.05, 0.1) is 0 Å². The molecule has 0 radical (unpaired) electrons. The van der Waals surface area contributed by atoms with Crippen LogP contribution in [0, 0.1) is 13.8 Å². The Labute approximate surface area is 102 Å². The van der Waals surface area contributed by atoms with Crippen LogP contribution >= 0.6 is 0 Å². The maximum Gasteiger partial charge on any atom is 0.244 e. The first-order chi connectivity index (χ1) is 7.94. The molecule has 0 aromatic heterocycles. The van der Waals surface area contributed by atoms with E-state index in [9.17, 15) is 0 Å². The Morgan fingerprint density at radius 2 is 1.76 bits per heavy atom. The van der Waals surface area contributed by atoms with Crippen molar-refractivity contribution in [1.29, 1.82) is 0 Å². The summed E-state index contributed by atoms with van der Waals surface area (Å²) < 4.78 is 16.5. The lowest BCUT2D eigenvalue weighted by Crippen LogP contribution is -2.21. The van der Waals surface area contributed by atoms with Crippen molar-refractivity contribution >= 4 is 0 Å². The summed E-state index contributed by atoms with van der Waals surface area (Å²) in [6, 6.07) is 6.13. The molecule has 17 heavy (non-hydrogen) atoms. The van der Waals surface area contributed by atoms with Crippen LogP contribution in [-0.2, 0) is 9.47 Å². The molecule has 0 N–H and O–H groups in total. The molecular weight excluding hydrogens is 216 g/mol. The second-order valence-corrected chi connectivity index (χ2v) is 4.82. The molecule has 0 saturated carbocycles. The molecule has 0 bridgehead atoms. The summed E-state index contributed by atoms with van der Waals surface area (Å²) in [5.74, 6) is 1.01. The summed E-state index contributed by atoms with van der Waals surface area (Å²) in [7, 11) is 0. The Hall–Kier alpha value is -1.64. The van der Waals surface area contributed by atoms with Crippen LogP contribution in [0.15, 0.2) is 30.2 Å². The SMILES string of the molecule is Cc1cc(C)cc(OCC2=COC(C)(C)O2)c1. The van der Waals surface area contributed by atoms with Crippen LogP contribution in [0.2, 0.25) is 0 Å². The van der Waals surface area contributed by atoms with E-state index in [-0.39, 0.29) is 0 Å². The van der Waals surface area contributed by atoms with E-state index in [4.69, 9.17) is 14.2 Å². The van der Waals surface area contributed by atoms with Crippen LogP contribution in [0.3, 0.4) is 0 Å². The average molecular weight is 234 g/mol. The summed E-state index contributed by atoms with van der Waals surface area (Å²) in [6.45, 7) is 8.24. The van der Waals surface area contributed by atoms with Crippen molar-refractivity contribution in [1.82, 2.24) is 0 Å². The van der Waals surface area contributed by atoms with E-state index in [2.05, 4.69) is 19.9 Å². The topological polar surface area (TPSA) is 27.7 Å². The minimum Gasteiger partial charge on any atom is -0.486 e. The zero-order chi connectivity index (χ0) is 12.5. The third-order valence-electron chi connectivity index (χ3n) is 2.43. The predicted octanol–water partition coefficient (Wildman–Crippen LogP) is 3.31. The fourth-order valence-electron chi connectivity index (χ4n) is 1.81. The van der Waals surface area contributed by atoms with Gasteiger partial charge in [-0.3, -0.25) is 0 Å². The molecular formula is C14H18O3. The van der Waals surface area contributed by atoms with Crippen molar-refractivity contribution in [2.75, 3.05) is 6.61 Å². The average Bonchev–Trinajstić information content (AvgIpc) is 2.54. The summed E-state index contributed by atoms with van der Waals surface area (Å²) in [4.78, 5) is 0. The second-order valence-electron chi connectivity index (χ2n) is 4.82. The van der Waals surface area contributed by atoms with E-state index < -0.39 is 5.79 Å². The van der Waals surface area contributed by atoms with Crippen LogP contribution in [0.25, 0.3) is 0 Å². The van der Waals surface area contributed by atoms with Gasteiger partial charge in [-0.1, -0.05) is 6.07 Å². The fraction of sp³-hybridized carbons (Fsp3) is 0.429. The Morgan fingerprint density at radius 1 is 1.12 bits per heavy atom. The van der Waals surface area contributed by atoms with E-state index in [1.165, 1.54) is 11.1 Å². The van der Waals surface area contributed by atoms with Gasteiger partial charge < -0.3 is 14.2 Å². The van der Waals surface area contributed by atoms with Gasteiger partial charge in [0, 0.05) is 13.8 Å². The zero-order valence-corrected chi connectivity index (χ0v) is 10.7. The summed E-state index contributed by atoms with van der Waals surface area (Å²) in [5, 5.41) is 0. The van der Waals surface area contributed by atoms with Gasteiger partial charge in [-0.2, -0.15) is 0 Å². The molecule has 0 saturated heterocycles. The summed E-state index contributed by atoms with van der Waals surface area (Å²) in [5.41, 5.74) is 2.38. The number of benzene rings is 1. The third-order valence-corrected chi connectivity index (χ3v) is 2.43. The van der Waals surface area contributed by atoms with E-state index in [0.717, 1.165) is 5.75 Å². The van der Waals surface area contributed by atoms with Crippen molar-refractivity contribution in [3.8, 4) is 5.75 Å². The smallest absolute Gasteiger partial charge is 0.244 e. The molecule has 1 heterocycles. The molecule has 1 aliphatic heterocycles. The minimum atomic E-state index is -0.568. The van der Waals surface area contributed by atoms with Gasteiger partial charge in [0.25, 0.3) is 0 Å². The van der Waals surface area contributed by atoms with Gasteiger partial charge >= 0.3 is 0 Å². The van der Waals surface area contributed by atoms with Crippen LogP contribution < -0.4 is 4.74 Å². The lowest BCUT2D eigenvalue weighted by Gasteiger charge is -2.18. The van der Waals surface area contributed by atoms with Crippen molar-refractivity contribution in [3.05, 3.63) is 41.3 Å². The first-order valence-electron chi connectivity index (χ1n) is 5.72. The largest absolute Gasteiger partial charge is 0.486 e. The van der Waals surface area contributed by atoms with Gasteiger partial charge in [0.2, 0.25) is 5.79 Å². The van der Waals surface area contributed by atoms with Crippen LogP contribution in [0.5, 0.6) is 5.75 Å². The molecule has 1 aromatic carbocycles. The van der Waals surface area contributed by atoms with Gasteiger partial charge in [-0.25, -0.2) is 0 Å². The number of rotatable bonds is 3. The van der Waals surface area contributed by atoms with Crippen LogP contribution in [0.4, 0.5) is 0 Å². The van der Waals surface area contributed by atoms with Crippen LogP contribution in [0.1, 0.15) is 25.0 Å². The first-order valence-corrected chi connectivity index (χ1v) is 5.72. The molecule has 0 aliphatic carbocycles. The van der Waals surface area contributed by atoms with Gasteiger partial charge in [-0.05, 0) is 37.1 Å². The molecule has 92 valence electrons. The lowest BCUT2D eigenvalue weighted by atomic mass is 10.1. The second kappa shape index (κ2) is 4.32. The molecule has 0 unspecified atom stereocenters. The highest BCUT2D eigenvalue weighted by atomic mass is 16.7. The maximum atomic E-state index is 5.67. The fourth-order valence-corrected chi connectivity index (χ4v) is 1.81. The maximum absolute atomic E-state index is 5.67. The van der Waals surface area contributed by atoms with E-state index in [0.29, 0.717) is 12.4 Å². The minimum absolute atomic E-state index is 0.395. The molecule has 0 atom stereocenters. The van der Waals surface area contributed by atoms with Crippen molar-refractivity contribution in [2.45, 2.75) is 33.5 Å². The molecule has 3 heteroatoms. The van der Waals surface area contributed by atoms with E-state index in [1.807, 2.05) is 26.0 Å². The zero-order valence-electron chi connectivity index (χ0n) is 10.7. The first kappa shape index (κ1) is 11.8. The standard InChI is InChI=1S/C14H18O3/c1-10-5-11(2)7-12(6-10)15-8-13-9-16-14(3,4)17-13/h5-7,9H,8H2,1-4H3. The highest BCUT2D eigenvalue weighted by Crippen LogP contribution is 2.25. The van der Waals surface area contributed by atoms with E-state index in [1.54, 1.807) is 6.26 Å². The Bertz CT molecular complexity index is 427. The highest BCUT2D eigenvalue weighted by Gasteiger charge is 2.27. The van der Waals surface area contributed by atoms with E-state index >= 15 is 0 Å². The Balaban J connectivity index is 1.95. The number of hydrogen-bond acceptors (Lipinski definition) is 3. The van der Waals surface area contributed by atoms with Crippen LogP contribution in [-0.4, -0.2) is 12.4 Å². The summed E-state index contributed by atoms with van der Waals surface area (Å²) in [6.07, 6.45) is 1.61. The van der Waals surface area contributed by atoms with Crippen molar-refractivity contribution in [2.24, 2.45) is 0 Å². The normalized spacial score (nSPS) is 17.1. The molecule has 0 spiro atoms. The predicted molar refractivity (Wildman–Crippen MR) is 65.7 cm³/mol. The van der Waals surface area contributed by atoms with Gasteiger partial charge in [0.15, 0.2) is 5.76 Å². The summed E-state index contributed by atoms with van der Waals surface area (Å²) >= 11 is 0. The molecule has 2 rings (SSSR count). The number of ether oxygens (including phenoxy) is 3. The number of aryl methyl sites for hydroxylation is 2. The van der Waals surface area contributed by atoms with Crippen molar-refractivity contribution < 1.29 is 14.2 Å². The molecule has 3 nitrogen and oxygen atoms in total. The molecule has 1 aromatic rings. The quantitative estimate of drug-likeness (QED) is 0.803. The Morgan fingerprint density at radius 3 is 2.29 bits per heavy atom. The van der Waals surface area contributed by atoms with Gasteiger partial charge in [0.1, 0.15) is 18.6 Å². The Kier molecular flexibility index (Phi) is 3.01. The highest BCUT2D eigenvalue weighted by molar-refractivity contribution is 5.33. The van der Waals surface area contributed by atoms with Gasteiger partial charge in [-0.15, -0.1) is 0 Å². The number of hydrogen-bond donors (Lipinski definition) is 0. The molecule has 0 fully saturated rings. The van der Waals surface area contributed by atoms with Crippen molar-refractivity contribution in [3.63, 3.8) is 0 Å². The molecule has 1 aliphatic rings. The lowest BCUT2D eigenvalue weighted by molar-refractivity contribution is -0.119. The third kappa shape index (κ3) is 3.16. The molecule has 0 amide bonds. The monoisotopic (exact) mass is 234 g/mol.